The maximum atomic E-state index is 10.8. The molecule has 0 amide bonds. The molecule has 0 aliphatic rings. The maximum absolute atomic E-state index is 10.8. The lowest BCUT2D eigenvalue weighted by molar-refractivity contribution is 0.0167. The van der Waals surface area contributed by atoms with Gasteiger partial charge >= 0.3 is 0 Å². The zero-order chi connectivity index (χ0) is 14.3. The molecule has 19 heavy (non-hydrogen) atoms. The maximum Gasteiger partial charge on any atom is 0.0896 e. The van der Waals surface area contributed by atoms with E-state index in [1.54, 1.807) is 0 Å². The highest BCUT2D eigenvalue weighted by atomic mass is 16.3. The summed E-state index contributed by atoms with van der Waals surface area (Å²) in [6.45, 7) is 4.61. The summed E-state index contributed by atoms with van der Waals surface area (Å²) < 4.78 is 0. The summed E-state index contributed by atoms with van der Waals surface area (Å²) in [7, 11) is 0. The van der Waals surface area contributed by atoms with Crippen molar-refractivity contribution in [3.8, 4) is 0 Å². The van der Waals surface area contributed by atoms with Crippen LogP contribution in [0.15, 0.2) is 24.3 Å². The van der Waals surface area contributed by atoms with Gasteiger partial charge in [0.2, 0.25) is 0 Å². The molecule has 0 aliphatic heterocycles. The second-order valence-corrected chi connectivity index (χ2v) is 5.25. The van der Waals surface area contributed by atoms with Crippen molar-refractivity contribution >= 4 is 0 Å². The van der Waals surface area contributed by atoms with Crippen LogP contribution in [0.4, 0.5) is 0 Å². The number of hydrogen-bond acceptors (Lipinski definition) is 3. The van der Waals surface area contributed by atoms with E-state index in [4.69, 9.17) is 5.73 Å². The van der Waals surface area contributed by atoms with Gasteiger partial charge < -0.3 is 15.9 Å². The monoisotopic (exact) mass is 265 g/mol. The highest BCUT2D eigenvalue weighted by Crippen LogP contribution is 2.33. The van der Waals surface area contributed by atoms with Gasteiger partial charge in [0.15, 0.2) is 0 Å². The molecule has 1 rings (SSSR count). The van der Waals surface area contributed by atoms with Crippen molar-refractivity contribution in [1.82, 2.24) is 0 Å². The van der Waals surface area contributed by atoms with E-state index < -0.39 is 11.7 Å². The molecule has 0 heterocycles. The standard InChI is InChI=1S/C16H27NO2/c1-3-9-16(19,10-4-2)14-7-5-6-13(12-14)15(18)8-11-17/h5-7,12,15,18-19H,3-4,8-11,17H2,1-2H3/t15-/m0/s1. The molecular formula is C16H27NO2. The Morgan fingerprint density at radius 2 is 1.84 bits per heavy atom. The summed E-state index contributed by atoms with van der Waals surface area (Å²) >= 11 is 0. The van der Waals surface area contributed by atoms with Gasteiger partial charge in [-0.3, -0.25) is 0 Å². The average Bonchev–Trinajstić information content (AvgIpc) is 2.40. The van der Waals surface area contributed by atoms with Crippen LogP contribution in [0.25, 0.3) is 0 Å². The van der Waals surface area contributed by atoms with Crippen molar-refractivity contribution in [1.29, 1.82) is 0 Å². The fourth-order valence-electron chi connectivity index (χ4n) is 2.60. The van der Waals surface area contributed by atoms with Crippen molar-refractivity contribution in [2.75, 3.05) is 6.54 Å². The van der Waals surface area contributed by atoms with E-state index in [9.17, 15) is 10.2 Å². The molecule has 4 N–H and O–H groups in total. The minimum Gasteiger partial charge on any atom is -0.388 e. The summed E-state index contributed by atoms with van der Waals surface area (Å²) in [5.41, 5.74) is 6.45. The second kappa shape index (κ2) is 7.63. The molecule has 108 valence electrons. The first-order valence-electron chi connectivity index (χ1n) is 7.28. The zero-order valence-electron chi connectivity index (χ0n) is 12.1. The number of nitrogens with two attached hydrogens (primary N) is 1. The second-order valence-electron chi connectivity index (χ2n) is 5.25. The normalized spacial score (nSPS) is 13.5. The Hall–Kier alpha value is -0.900. The van der Waals surface area contributed by atoms with E-state index in [1.165, 1.54) is 0 Å². The fraction of sp³-hybridized carbons (Fsp3) is 0.625. The smallest absolute Gasteiger partial charge is 0.0896 e. The molecule has 0 aromatic heterocycles. The van der Waals surface area contributed by atoms with E-state index in [0.29, 0.717) is 13.0 Å². The fourth-order valence-corrected chi connectivity index (χ4v) is 2.60. The van der Waals surface area contributed by atoms with Crippen molar-refractivity contribution in [3.63, 3.8) is 0 Å². The lowest BCUT2D eigenvalue weighted by Gasteiger charge is -2.29. The van der Waals surface area contributed by atoms with Crippen LogP contribution in [0.3, 0.4) is 0 Å². The van der Waals surface area contributed by atoms with Crippen LogP contribution in [0.2, 0.25) is 0 Å². The topological polar surface area (TPSA) is 66.5 Å². The first-order chi connectivity index (χ1) is 9.07. The van der Waals surface area contributed by atoms with Crippen LogP contribution in [0, 0.1) is 0 Å². The van der Waals surface area contributed by atoms with Crippen molar-refractivity contribution in [3.05, 3.63) is 35.4 Å². The van der Waals surface area contributed by atoms with Crippen LogP contribution in [-0.2, 0) is 5.60 Å². The molecule has 0 aliphatic carbocycles. The Bertz CT molecular complexity index is 373. The van der Waals surface area contributed by atoms with Crippen LogP contribution in [0.1, 0.15) is 63.2 Å². The summed E-state index contributed by atoms with van der Waals surface area (Å²) in [5, 5.41) is 20.8. The summed E-state index contributed by atoms with van der Waals surface area (Å²) in [4.78, 5) is 0. The number of benzene rings is 1. The van der Waals surface area contributed by atoms with Crippen LogP contribution in [-0.4, -0.2) is 16.8 Å². The molecule has 0 unspecified atom stereocenters. The van der Waals surface area contributed by atoms with Gasteiger partial charge in [-0.2, -0.15) is 0 Å². The van der Waals surface area contributed by atoms with Crippen LogP contribution < -0.4 is 5.73 Å². The van der Waals surface area contributed by atoms with E-state index in [-0.39, 0.29) is 0 Å². The van der Waals surface area contributed by atoms with Gasteiger partial charge in [0, 0.05) is 0 Å². The highest BCUT2D eigenvalue weighted by Gasteiger charge is 2.27. The largest absolute Gasteiger partial charge is 0.388 e. The number of rotatable bonds is 8. The first-order valence-corrected chi connectivity index (χ1v) is 7.28. The average molecular weight is 265 g/mol. The molecule has 1 aromatic carbocycles. The van der Waals surface area contributed by atoms with E-state index in [1.807, 2.05) is 24.3 Å². The van der Waals surface area contributed by atoms with Gasteiger partial charge in [0.25, 0.3) is 0 Å². The van der Waals surface area contributed by atoms with E-state index in [0.717, 1.165) is 36.8 Å². The van der Waals surface area contributed by atoms with Crippen molar-refractivity contribution < 1.29 is 10.2 Å². The third kappa shape index (κ3) is 4.30. The molecule has 1 atom stereocenters. The first kappa shape index (κ1) is 16.2. The molecule has 0 fully saturated rings. The Morgan fingerprint density at radius 1 is 1.21 bits per heavy atom. The summed E-state index contributed by atoms with van der Waals surface area (Å²) in [5.74, 6) is 0. The third-order valence-corrected chi connectivity index (χ3v) is 3.58. The molecule has 0 radical (unpaired) electrons. The Balaban J connectivity index is 3.01. The van der Waals surface area contributed by atoms with Crippen LogP contribution >= 0.6 is 0 Å². The number of aliphatic hydroxyl groups is 2. The van der Waals surface area contributed by atoms with Crippen molar-refractivity contribution in [2.24, 2.45) is 5.73 Å². The van der Waals surface area contributed by atoms with Gasteiger partial charge in [0.05, 0.1) is 11.7 Å². The van der Waals surface area contributed by atoms with Gasteiger partial charge in [-0.15, -0.1) is 0 Å². The molecule has 0 saturated carbocycles. The highest BCUT2D eigenvalue weighted by molar-refractivity contribution is 5.29. The minimum atomic E-state index is -0.776. The van der Waals surface area contributed by atoms with Gasteiger partial charge in [-0.25, -0.2) is 0 Å². The Labute approximate surface area is 116 Å². The zero-order valence-corrected chi connectivity index (χ0v) is 12.1. The molecule has 0 saturated heterocycles. The van der Waals surface area contributed by atoms with Gasteiger partial charge in [0.1, 0.15) is 0 Å². The lowest BCUT2D eigenvalue weighted by Crippen LogP contribution is -2.25. The Kier molecular flexibility index (Phi) is 6.49. The number of aliphatic hydroxyl groups excluding tert-OH is 1. The van der Waals surface area contributed by atoms with Crippen LogP contribution in [0.5, 0.6) is 0 Å². The predicted octanol–water partition coefficient (Wildman–Crippen LogP) is 2.86. The Morgan fingerprint density at radius 3 is 2.37 bits per heavy atom. The third-order valence-electron chi connectivity index (χ3n) is 3.58. The van der Waals surface area contributed by atoms with E-state index >= 15 is 0 Å². The summed E-state index contributed by atoms with van der Waals surface area (Å²) in [6.07, 6.45) is 3.37. The van der Waals surface area contributed by atoms with Gasteiger partial charge in [-0.05, 0) is 36.9 Å². The molecule has 0 bridgehead atoms. The minimum absolute atomic E-state index is 0.458. The molecule has 0 spiro atoms. The summed E-state index contributed by atoms with van der Waals surface area (Å²) in [6, 6.07) is 7.67. The molecule has 3 nitrogen and oxygen atoms in total. The molecular weight excluding hydrogens is 238 g/mol. The lowest BCUT2D eigenvalue weighted by atomic mass is 9.84. The SMILES string of the molecule is CCCC(O)(CCC)c1cccc([C@@H](O)CCN)c1. The quantitative estimate of drug-likeness (QED) is 0.677. The number of hydrogen-bond donors (Lipinski definition) is 3. The predicted molar refractivity (Wildman–Crippen MR) is 78.8 cm³/mol. The van der Waals surface area contributed by atoms with E-state index in [2.05, 4.69) is 13.8 Å². The molecule has 3 heteroatoms. The van der Waals surface area contributed by atoms with Crippen molar-refractivity contribution in [2.45, 2.75) is 57.7 Å². The van der Waals surface area contributed by atoms with Gasteiger partial charge in [-0.1, -0.05) is 51.0 Å². The molecule has 1 aromatic rings.